The van der Waals surface area contributed by atoms with E-state index in [1.807, 2.05) is 32.0 Å². The first-order chi connectivity index (χ1) is 11.2. The molecule has 0 N–H and O–H groups in total. The molecule has 2 aromatic carbocycles. The van der Waals surface area contributed by atoms with E-state index in [2.05, 4.69) is 0 Å². The van der Waals surface area contributed by atoms with Crippen LogP contribution in [0.2, 0.25) is 0 Å². The summed E-state index contributed by atoms with van der Waals surface area (Å²) >= 11 is 0. The van der Waals surface area contributed by atoms with Gasteiger partial charge in [0, 0.05) is 7.05 Å². The summed E-state index contributed by atoms with van der Waals surface area (Å²) in [7, 11) is -1.97. The number of hydrogen-bond donors (Lipinski definition) is 0. The summed E-state index contributed by atoms with van der Waals surface area (Å²) in [6.07, 6.45) is 0. The fraction of sp³-hybridized carbons (Fsp3) is 0.278. The Bertz CT molecular complexity index is 1100. The molecule has 6 heteroatoms. The van der Waals surface area contributed by atoms with Gasteiger partial charge >= 0.3 is 5.76 Å². The number of aryl methyl sites for hydroxylation is 4. The highest BCUT2D eigenvalue weighted by Gasteiger charge is 2.21. The predicted molar refractivity (Wildman–Crippen MR) is 93.0 cm³/mol. The van der Waals surface area contributed by atoms with Crippen LogP contribution in [0.3, 0.4) is 0 Å². The number of fused-ring (bicyclic) bond motifs is 1. The lowest BCUT2D eigenvalue weighted by Gasteiger charge is -2.10. The van der Waals surface area contributed by atoms with E-state index in [0.29, 0.717) is 16.7 Å². The maximum atomic E-state index is 12.9. The molecule has 0 saturated heterocycles. The van der Waals surface area contributed by atoms with Crippen LogP contribution < -0.4 is 5.76 Å². The van der Waals surface area contributed by atoms with Gasteiger partial charge in [-0.2, -0.15) is 0 Å². The maximum absolute atomic E-state index is 12.9. The predicted octanol–water partition coefficient (Wildman–Crippen LogP) is 3.03. The Morgan fingerprint density at radius 3 is 2.38 bits per heavy atom. The highest BCUT2D eigenvalue weighted by molar-refractivity contribution is 7.90. The van der Waals surface area contributed by atoms with Crippen molar-refractivity contribution in [2.24, 2.45) is 7.05 Å². The van der Waals surface area contributed by atoms with Crippen LogP contribution in [0.4, 0.5) is 0 Å². The standard InChI is InChI=1S/C18H19NO4S/c1-11-5-6-14(7-12(11)2)10-24(21,22)17-9-15-16(8-13(17)3)23-18(20)19(15)4/h5-9H,10H2,1-4H3. The van der Waals surface area contributed by atoms with Crippen molar-refractivity contribution in [1.82, 2.24) is 4.57 Å². The maximum Gasteiger partial charge on any atom is 0.419 e. The number of rotatable bonds is 3. The molecule has 0 spiro atoms. The van der Waals surface area contributed by atoms with Gasteiger partial charge in [-0.05, 0) is 55.2 Å². The van der Waals surface area contributed by atoms with E-state index in [9.17, 15) is 13.2 Å². The van der Waals surface area contributed by atoms with Crippen LogP contribution in [-0.4, -0.2) is 13.0 Å². The molecule has 0 fully saturated rings. The van der Waals surface area contributed by atoms with Crippen LogP contribution in [-0.2, 0) is 22.6 Å². The molecule has 0 aliphatic rings. The Balaban J connectivity index is 2.10. The van der Waals surface area contributed by atoms with Gasteiger partial charge < -0.3 is 4.42 Å². The minimum absolute atomic E-state index is 0.0771. The second kappa shape index (κ2) is 5.63. The largest absolute Gasteiger partial charge is 0.419 e. The lowest BCUT2D eigenvalue weighted by atomic mass is 10.1. The van der Waals surface area contributed by atoms with Crippen molar-refractivity contribution in [3.8, 4) is 0 Å². The van der Waals surface area contributed by atoms with Gasteiger partial charge in [0.05, 0.1) is 16.2 Å². The van der Waals surface area contributed by atoms with Gasteiger partial charge in [0.15, 0.2) is 15.4 Å². The molecule has 3 aromatic rings. The molecule has 0 atom stereocenters. The van der Waals surface area contributed by atoms with E-state index in [0.717, 1.165) is 16.7 Å². The summed E-state index contributed by atoms with van der Waals surface area (Å²) in [5, 5.41) is 0. The molecule has 0 saturated carbocycles. The number of benzene rings is 2. The molecule has 0 aliphatic heterocycles. The average Bonchev–Trinajstić information content (AvgIpc) is 2.76. The molecule has 0 radical (unpaired) electrons. The lowest BCUT2D eigenvalue weighted by Crippen LogP contribution is -2.10. The first-order valence-corrected chi connectivity index (χ1v) is 9.23. The summed E-state index contributed by atoms with van der Waals surface area (Å²) in [5.41, 5.74) is 4.38. The van der Waals surface area contributed by atoms with Crippen molar-refractivity contribution in [1.29, 1.82) is 0 Å². The summed E-state index contributed by atoms with van der Waals surface area (Å²) in [6.45, 7) is 5.66. The first kappa shape index (κ1) is 16.5. The van der Waals surface area contributed by atoms with Gasteiger partial charge in [0.1, 0.15) is 0 Å². The van der Waals surface area contributed by atoms with E-state index < -0.39 is 15.6 Å². The Labute approximate surface area is 140 Å². The van der Waals surface area contributed by atoms with Crippen LogP contribution in [0.1, 0.15) is 22.3 Å². The highest BCUT2D eigenvalue weighted by atomic mass is 32.2. The molecular weight excluding hydrogens is 326 g/mol. The van der Waals surface area contributed by atoms with E-state index in [-0.39, 0.29) is 10.6 Å². The van der Waals surface area contributed by atoms with Gasteiger partial charge in [0.2, 0.25) is 0 Å². The quantitative estimate of drug-likeness (QED) is 0.732. The molecular formula is C18H19NO4S. The van der Waals surface area contributed by atoms with Crippen molar-refractivity contribution in [2.75, 3.05) is 0 Å². The summed E-state index contributed by atoms with van der Waals surface area (Å²) in [6, 6.07) is 8.78. The zero-order valence-corrected chi connectivity index (χ0v) is 14.9. The van der Waals surface area contributed by atoms with Gasteiger partial charge in [-0.15, -0.1) is 0 Å². The number of oxazole rings is 1. The van der Waals surface area contributed by atoms with Crippen molar-refractivity contribution < 1.29 is 12.8 Å². The molecule has 5 nitrogen and oxygen atoms in total. The molecule has 126 valence electrons. The molecule has 0 amide bonds. The molecule has 24 heavy (non-hydrogen) atoms. The van der Waals surface area contributed by atoms with Crippen molar-refractivity contribution in [3.05, 3.63) is 63.1 Å². The Kier molecular flexibility index (Phi) is 3.87. The van der Waals surface area contributed by atoms with Crippen LogP contribution in [0.5, 0.6) is 0 Å². The third-order valence-electron chi connectivity index (χ3n) is 4.35. The normalized spacial score (nSPS) is 12.0. The second-order valence-corrected chi connectivity index (χ2v) is 8.15. The van der Waals surface area contributed by atoms with Crippen LogP contribution >= 0.6 is 0 Å². The number of nitrogens with zero attached hydrogens (tertiary/aromatic N) is 1. The minimum atomic E-state index is -3.53. The molecule has 0 aliphatic carbocycles. The third kappa shape index (κ3) is 2.78. The van der Waals surface area contributed by atoms with Crippen LogP contribution in [0.25, 0.3) is 11.1 Å². The monoisotopic (exact) mass is 345 g/mol. The highest BCUT2D eigenvalue weighted by Crippen LogP contribution is 2.26. The molecule has 1 aromatic heterocycles. The van der Waals surface area contributed by atoms with E-state index in [4.69, 9.17) is 4.42 Å². The minimum Gasteiger partial charge on any atom is -0.408 e. The Morgan fingerprint density at radius 2 is 1.71 bits per heavy atom. The fourth-order valence-electron chi connectivity index (χ4n) is 2.78. The van der Waals surface area contributed by atoms with Gasteiger partial charge in [-0.1, -0.05) is 18.2 Å². The Morgan fingerprint density at radius 1 is 1.00 bits per heavy atom. The lowest BCUT2D eigenvalue weighted by molar-refractivity contribution is 0.528. The SMILES string of the molecule is Cc1ccc(CS(=O)(=O)c2cc3c(cc2C)oc(=O)n3C)cc1C. The Hall–Kier alpha value is -2.34. The zero-order valence-electron chi connectivity index (χ0n) is 14.1. The smallest absolute Gasteiger partial charge is 0.408 e. The second-order valence-electron chi connectivity index (χ2n) is 6.19. The topological polar surface area (TPSA) is 69.3 Å². The van der Waals surface area contributed by atoms with Gasteiger partial charge in [0.25, 0.3) is 0 Å². The number of aromatic nitrogens is 1. The van der Waals surface area contributed by atoms with E-state index >= 15 is 0 Å². The van der Waals surface area contributed by atoms with Crippen molar-refractivity contribution >= 4 is 20.9 Å². The van der Waals surface area contributed by atoms with Crippen molar-refractivity contribution in [2.45, 2.75) is 31.4 Å². The fourth-order valence-corrected chi connectivity index (χ4v) is 4.40. The van der Waals surface area contributed by atoms with Crippen LogP contribution in [0, 0.1) is 20.8 Å². The molecule has 0 unspecified atom stereocenters. The summed E-state index contributed by atoms with van der Waals surface area (Å²) < 4.78 is 32.1. The first-order valence-electron chi connectivity index (χ1n) is 7.58. The molecule has 1 heterocycles. The van der Waals surface area contributed by atoms with Crippen LogP contribution in [0.15, 0.2) is 44.4 Å². The molecule has 3 rings (SSSR count). The molecule has 0 bridgehead atoms. The van der Waals surface area contributed by atoms with E-state index in [1.165, 1.54) is 10.6 Å². The average molecular weight is 345 g/mol. The van der Waals surface area contributed by atoms with Gasteiger partial charge in [-0.3, -0.25) is 4.57 Å². The van der Waals surface area contributed by atoms with Crippen molar-refractivity contribution in [3.63, 3.8) is 0 Å². The number of hydrogen-bond acceptors (Lipinski definition) is 4. The van der Waals surface area contributed by atoms with Gasteiger partial charge in [-0.25, -0.2) is 13.2 Å². The summed E-state index contributed by atoms with van der Waals surface area (Å²) in [4.78, 5) is 11.8. The third-order valence-corrected chi connectivity index (χ3v) is 6.18. The summed E-state index contributed by atoms with van der Waals surface area (Å²) in [5.74, 6) is -0.584. The van der Waals surface area contributed by atoms with E-state index in [1.54, 1.807) is 20.0 Å². The zero-order chi connectivity index (χ0) is 17.6. The number of sulfone groups is 1.